The van der Waals surface area contributed by atoms with Crippen LogP contribution in [0.25, 0.3) is 5.52 Å². The van der Waals surface area contributed by atoms with Gasteiger partial charge in [0, 0.05) is 0 Å². The molecule has 0 bridgehead atoms. The molecule has 0 aromatic carbocycles. The predicted molar refractivity (Wildman–Crippen MR) is 38.0 cm³/mol. The van der Waals surface area contributed by atoms with Crippen molar-refractivity contribution in [1.29, 1.82) is 0 Å². The fourth-order valence-corrected chi connectivity index (χ4v) is 0.925. The van der Waals surface area contributed by atoms with Gasteiger partial charge in [0.25, 0.3) is 0 Å². The highest BCUT2D eigenvalue weighted by atomic mass is 35.5. The highest BCUT2D eigenvalue weighted by Crippen LogP contribution is 2.05. The molecule has 0 aliphatic carbocycles. The van der Waals surface area contributed by atoms with Gasteiger partial charge in [0.2, 0.25) is 0 Å². The summed E-state index contributed by atoms with van der Waals surface area (Å²) in [5.41, 5.74) is 0.949. The van der Waals surface area contributed by atoms with Crippen molar-refractivity contribution >= 4 is 17.1 Å². The maximum absolute atomic E-state index is 5.60. The van der Waals surface area contributed by atoms with Crippen molar-refractivity contribution in [2.45, 2.75) is 0 Å². The molecule has 50 valence electrons. The summed E-state index contributed by atoms with van der Waals surface area (Å²) in [5.74, 6) is 0. The molecule has 0 aliphatic rings. The minimum absolute atomic E-state index is 0.455. The Kier molecular flexibility index (Phi) is 1.11. The zero-order chi connectivity index (χ0) is 6.97. The number of fused-ring (bicyclic) bond motifs is 1. The molecule has 0 saturated heterocycles. The Morgan fingerprint density at radius 1 is 1.30 bits per heavy atom. The smallest absolute Gasteiger partial charge is 0.151 e. The van der Waals surface area contributed by atoms with Crippen LogP contribution in [0.4, 0.5) is 0 Å². The summed E-state index contributed by atoms with van der Waals surface area (Å²) >= 11 is 5.60. The quantitative estimate of drug-likeness (QED) is 0.573. The second kappa shape index (κ2) is 1.95. The van der Waals surface area contributed by atoms with Gasteiger partial charge < -0.3 is 0 Å². The highest BCUT2D eigenvalue weighted by molar-refractivity contribution is 6.29. The second-order valence-electron chi connectivity index (χ2n) is 1.90. The fraction of sp³-hybridized carbons (Fsp3) is 0. The van der Waals surface area contributed by atoms with Gasteiger partial charge in [0.05, 0.1) is 11.7 Å². The molecule has 2 aromatic rings. The third kappa shape index (κ3) is 0.752. The van der Waals surface area contributed by atoms with E-state index in [-0.39, 0.29) is 0 Å². The van der Waals surface area contributed by atoms with Gasteiger partial charge in [-0.2, -0.15) is 9.73 Å². The summed E-state index contributed by atoms with van der Waals surface area (Å²) < 4.78 is 1.49. The van der Waals surface area contributed by atoms with E-state index < -0.39 is 0 Å². The van der Waals surface area contributed by atoms with Gasteiger partial charge in [-0.3, -0.25) is 0 Å². The van der Waals surface area contributed by atoms with Crippen molar-refractivity contribution in [3.05, 3.63) is 29.5 Å². The molecule has 0 aliphatic heterocycles. The molecular weight excluding hydrogens is 150 g/mol. The van der Waals surface area contributed by atoms with E-state index >= 15 is 0 Å². The first-order valence-corrected chi connectivity index (χ1v) is 3.21. The molecular formula is C6H4ClN3. The topological polar surface area (TPSA) is 30.2 Å². The lowest BCUT2D eigenvalue weighted by Gasteiger charge is -1.89. The van der Waals surface area contributed by atoms with Crippen molar-refractivity contribution in [2.75, 3.05) is 0 Å². The first-order chi connectivity index (χ1) is 4.86. The van der Waals surface area contributed by atoms with Crippen LogP contribution in [-0.4, -0.2) is 14.8 Å². The molecule has 2 aromatic heterocycles. The van der Waals surface area contributed by atoms with Crippen molar-refractivity contribution < 1.29 is 0 Å². The first kappa shape index (κ1) is 5.68. The third-order valence-corrected chi connectivity index (χ3v) is 1.44. The number of halogens is 1. The van der Waals surface area contributed by atoms with Gasteiger partial charge in [-0.1, -0.05) is 11.6 Å². The maximum Gasteiger partial charge on any atom is 0.151 e. The van der Waals surface area contributed by atoms with E-state index in [9.17, 15) is 0 Å². The number of nitrogens with zero attached hydrogens (tertiary/aromatic N) is 3. The highest BCUT2D eigenvalue weighted by Gasteiger charge is 1.92. The zero-order valence-corrected chi connectivity index (χ0v) is 5.78. The van der Waals surface area contributed by atoms with Gasteiger partial charge in [-0.25, -0.2) is 0 Å². The summed E-state index contributed by atoms with van der Waals surface area (Å²) in [5, 5.41) is 8.26. The summed E-state index contributed by atoms with van der Waals surface area (Å²) in [7, 11) is 0. The number of rotatable bonds is 0. The van der Waals surface area contributed by atoms with Crippen LogP contribution >= 0.6 is 11.6 Å². The van der Waals surface area contributed by atoms with Crippen LogP contribution < -0.4 is 0 Å². The number of hydrogen-bond donors (Lipinski definition) is 0. The van der Waals surface area contributed by atoms with Gasteiger partial charge in [0.15, 0.2) is 5.15 Å². The Morgan fingerprint density at radius 2 is 2.20 bits per heavy atom. The van der Waals surface area contributed by atoms with Crippen LogP contribution in [-0.2, 0) is 0 Å². The van der Waals surface area contributed by atoms with Crippen LogP contribution in [0.1, 0.15) is 0 Å². The van der Waals surface area contributed by atoms with E-state index in [0.29, 0.717) is 5.15 Å². The first-order valence-electron chi connectivity index (χ1n) is 2.83. The van der Waals surface area contributed by atoms with Crippen LogP contribution in [0.5, 0.6) is 0 Å². The van der Waals surface area contributed by atoms with Gasteiger partial charge in [-0.05, 0) is 18.2 Å². The van der Waals surface area contributed by atoms with Crippen molar-refractivity contribution in [3.8, 4) is 0 Å². The average molecular weight is 154 g/mol. The molecule has 0 radical (unpaired) electrons. The molecule has 2 rings (SSSR count). The summed E-state index contributed by atoms with van der Waals surface area (Å²) in [4.78, 5) is 0. The molecule has 0 amide bonds. The van der Waals surface area contributed by atoms with E-state index in [1.54, 1.807) is 12.3 Å². The van der Waals surface area contributed by atoms with Crippen molar-refractivity contribution in [3.63, 3.8) is 0 Å². The normalized spacial score (nSPS) is 10.5. The van der Waals surface area contributed by atoms with Crippen LogP contribution in [0.2, 0.25) is 5.15 Å². The SMILES string of the molecule is Clc1ccc2ccnn2n1. The van der Waals surface area contributed by atoms with Gasteiger partial charge in [-0.15, -0.1) is 5.10 Å². The average Bonchev–Trinajstić information content (AvgIpc) is 2.33. The lowest BCUT2D eigenvalue weighted by atomic mass is 10.5. The molecule has 4 heteroatoms. The second-order valence-corrected chi connectivity index (χ2v) is 2.29. The Labute approximate surface area is 62.2 Å². The molecule has 0 saturated carbocycles. The summed E-state index contributed by atoms with van der Waals surface area (Å²) in [6.45, 7) is 0. The lowest BCUT2D eigenvalue weighted by Crippen LogP contribution is -1.91. The standard InChI is InChI=1S/C6H4ClN3/c7-6-2-1-5-3-4-8-10(5)9-6/h1-4H. The van der Waals surface area contributed by atoms with E-state index in [1.165, 1.54) is 4.63 Å². The van der Waals surface area contributed by atoms with Crippen molar-refractivity contribution in [1.82, 2.24) is 14.8 Å². The number of hydrogen-bond acceptors (Lipinski definition) is 2. The Balaban J connectivity index is 2.86. The molecule has 3 nitrogen and oxygen atoms in total. The molecule has 0 spiro atoms. The fourth-order valence-electron chi connectivity index (χ4n) is 0.790. The van der Waals surface area contributed by atoms with Crippen LogP contribution in [0, 0.1) is 0 Å². The Hall–Kier alpha value is -1.09. The molecule has 0 unspecified atom stereocenters. The monoisotopic (exact) mass is 153 g/mol. The predicted octanol–water partition coefficient (Wildman–Crippen LogP) is 1.38. The minimum atomic E-state index is 0.455. The molecule has 2 heterocycles. The summed E-state index contributed by atoms with van der Waals surface area (Å²) in [6, 6.07) is 5.46. The van der Waals surface area contributed by atoms with Gasteiger partial charge >= 0.3 is 0 Å². The van der Waals surface area contributed by atoms with E-state index in [1.807, 2.05) is 12.1 Å². The molecule has 10 heavy (non-hydrogen) atoms. The Bertz CT molecular complexity index is 355. The molecule has 0 atom stereocenters. The molecule has 0 N–H and O–H groups in total. The van der Waals surface area contributed by atoms with Gasteiger partial charge in [0.1, 0.15) is 0 Å². The minimum Gasteiger partial charge on any atom is -0.158 e. The number of aromatic nitrogens is 3. The van der Waals surface area contributed by atoms with E-state index in [2.05, 4.69) is 10.2 Å². The third-order valence-electron chi connectivity index (χ3n) is 1.23. The zero-order valence-electron chi connectivity index (χ0n) is 5.03. The lowest BCUT2D eigenvalue weighted by molar-refractivity contribution is 0.800. The van der Waals surface area contributed by atoms with E-state index in [4.69, 9.17) is 11.6 Å². The summed E-state index contributed by atoms with van der Waals surface area (Å²) in [6.07, 6.45) is 1.68. The maximum atomic E-state index is 5.60. The van der Waals surface area contributed by atoms with Crippen LogP contribution in [0.3, 0.4) is 0 Å². The van der Waals surface area contributed by atoms with Crippen molar-refractivity contribution in [2.24, 2.45) is 0 Å². The largest absolute Gasteiger partial charge is 0.158 e. The Morgan fingerprint density at radius 3 is 3.10 bits per heavy atom. The van der Waals surface area contributed by atoms with Crippen LogP contribution in [0.15, 0.2) is 24.4 Å². The van der Waals surface area contributed by atoms with E-state index in [0.717, 1.165) is 5.52 Å². The molecule has 0 fully saturated rings.